The third-order valence-electron chi connectivity index (χ3n) is 3.34. The average molecular weight is 300 g/mol. The Bertz CT molecular complexity index is 450. The topological polar surface area (TPSA) is 47.9 Å². The number of alkyl halides is 1. The quantitative estimate of drug-likeness (QED) is 0.534. The Morgan fingerprint density at radius 1 is 1.45 bits per heavy atom. The van der Waals surface area contributed by atoms with Crippen LogP contribution in [-0.4, -0.2) is 31.1 Å². The maximum Gasteiger partial charge on any atom is 0.175 e. The van der Waals surface area contributed by atoms with E-state index in [2.05, 4.69) is 5.16 Å². The highest BCUT2D eigenvalue weighted by atomic mass is 35.5. The Labute approximate surface area is 125 Å². The van der Waals surface area contributed by atoms with Gasteiger partial charge in [0.2, 0.25) is 0 Å². The van der Waals surface area contributed by atoms with E-state index in [4.69, 9.17) is 21.2 Å². The van der Waals surface area contributed by atoms with Gasteiger partial charge >= 0.3 is 0 Å². The van der Waals surface area contributed by atoms with E-state index in [-0.39, 0.29) is 12.4 Å². The molecule has 0 unspecified atom stereocenters. The van der Waals surface area contributed by atoms with Gasteiger partial charge in [-0.05, 0) is 31.1 Å². The Morgan fingerprint density at radius 2 is 2.15 bits per heavy atom. The van der Waals surface area contributed by atoms with E-state index in [0.29, 0.717) is 18.7 Å². The highest BCUT2D eigenvalue weighted by molar-refractivity contribution is 6.18. The molecule has 0 N–H and O–H groups in total. The van der Waals surface area contributed by atoms with Crippen molar-refractivity contribution in [3.05, 3.63) is 23.5 Å². The number of carbonyl (C=O) groups excluding carboxylic acids is 1. The van der Waals surface area contributed by atoms with Crippen molar-refractivity contribution in [3.63, 3.8) is 0 Å². The van der Waals surface area contributed by atoms with Gasteiger partial charge in [-0.3, -0.25) is 4.79 Å². The second-order valence-corrected chi connectivity index (χ2v) is 5.83. The highest BCUT2D eigenvalue weighted by Crippen LogP contribution is 2.24. The first-order chi connectivity index (χ1) is 9.40. The lowest BCUT2D eigenvalue weighted by molar-refractivity contribution is -0.130. The molecule has 0 spiro atoms. The van der Waals surface area contributed by atoms with Crippen LogP contribution in [0.5, 0.6) is 0 Å². The predicted molar refractivity (Wildman–Crippen MR) is 81.0 cm³/mol. The molecule has 0 saturated carbocycles. The molecule has 1 aliphatic rings. The van der Waals surface area contributed by atoms with Crippen LogP contribution in [0, 0.1) is 5.41 Å². The molecule has 1 rings (SSSR count). The first-order valence-corrected chi connectivity index (χ1v) is 7.14. The standard InChI is InChI=1S/C15H22ClNO3/c1-11-9-12(17-19-4)5-6-13(11)20-10-14(18)15(2,3)7-8-16/h5-6H,7-10H2,1-4H3. The lowest BCUT2D eigenvalue weighted by Crippen LogP contribution is -2.28. The van der Waals surface area contributed by atoms with Gasteiger partial charge < -0.3 is 9.57 Å². The first-order valence-electron chi connectivity index (χ1n) is 6.60. The van der Waals surface area contributed by atoms with Crippen LogP contribution in [0.2, 0.25) is 0 Å². The maximum atomic E-state index is 12.1. The fraction of sp³-hybridized carbons (Fsp3) is 0.600. The fourth-order valence-electron chi connectivity index (χ4n) is 1.80. The van der Waals surface area contributed by atoms with Gasteiger partial charge in [0.05, 0.1) is 5.71 Å². The van der Waals surface area contributed by atoms with Crippen molar-refractivity contribution < 1.29 is 14.4 Å². The van der Waals surface area contributed by atoms with Crippen LogP contribution in [-0.2, 0) is 14.4 Å². The summed E-state index contributed by atoms with van der Waals surface area (Å²) in [4.78, 5) is 16.8. The molecule has 1 aliphatic carbocycles. The van der Waals surface area contributed by atoms with Crippen LogP contribution in [0.15, 0.2) is 28.6 Å². The molecule has 0 radical (unpaired) electrons. The molecule has 0 fully saturated rings. The van der Waals surface area contributed by atoms with Gasteiger partial charge in [-0.2, -0.15) is 0 Å². The molecule has 0 aromatic heterocycles. The van der Waals surface area contributed by atoms with Crippen LogP contribution >= 0.6 is 11.6 Å². The molecule has 0 aromatic rings. The van der Waals surface area contributed by atoms with Gasteiger partial charge in [-0.15, -0.1) is 11.6 Å². The summed E-state index contributed by atoms with van der Waals surface area (Å²) in [6, 6.07) is 0. The minimum Gasteiger partial charge on any atom is -0.486 e. The van der Waals surface area contributed by atoms with Crippen molar-refractivity contribution in [2.75, 3.05) is 19.6 Å². The van der Waals surface area contributed by atoms with Crippen molar-refractivity contribution in [2.45, 2.75) is 33.6 Å². The Kier molecular flexibility index (Phi) is 6.27. The van der Waals surface area contributed by atoms with Gasteiger partial charge in [-0.1, -0.05) is 19.0 Å². The summed E-state index contributed by atoms with van der Waals surface area (Å²) in [5.74, 6) is 1.26. The first kappa shape index (κ1) is 16.8. The van der Waals surface area contributed by atoms with E-state index in [1.807, 2.05) is 32.9 Å². The third kappa shape index (κ3) is 4.67. The third-order valence-corrected chi connectivity index (χ3v) is 3.52. The number of Topliss-reactive ketones (excluding diaryl/α,β-unsaturated/α-hetero) is 1. The molecule has 0 bridgehead atoms. The molecule has 20 heavy (non-hydrogen) atoms. The Balaban J connectivity index is 2.59. The van der Waals surface area contributed by atoms with E-state index >= 15 is 0 Å². The smallest absolute Gasteiger partial charge is 0.175 e. The predicted octanol–water partition coefficient (Wildman–Crippen LogP) is 3.46. The number of halogens is 1. The minimum atomic E-state index is -0.447. The normalized spacial score (nSPS) is 17.6. The zero-order valence-corrected chi connectivity index (χ0v) is 13.3. The molecule has 112 valence electrons. The average Bonchev–Trinajstić information content (AvgIpc) is 2.37. The zero-order valence-electron chi connectivity index (χ0n) is 12.5. The van der Waals surface area contributed by atoms with Crippen molar-refractivity contribution in [3.8, 4) is 0 Å². The molecule has 0 aliphatic heterocycles. The van der Waals surface area contributed by atoms with Crippen molar-refractivity contribution in [1.29, 1.82) is 0 Å². The van der Waals surface area contributed by atoms with Crippen LogP contribution in [0.25, 0.3) is 0 Å². The number of nitrogens with zero attached hydrogens (tertiary/aromatic N) is 1. The number of ketones is 1. The van der Waals surface area contributed by atoms with E-state index in [1.54, 1.807) is 0 Å². The molecule has 4 nitrogen and oxygen atoms in total. The van der Waals surface area contributed by atoms with Crippen molar-refractivity contribution in [1.82, 2.24) is 0 Å². The SMILES string of the molecule is CON=C1C=CC(OCC(=O)C(C)(C)CCCl)=C(C)C1. The summed E-state index contributed by atoms with van der Waals surface area (Å²) in [6.45, 7) is 5.81. The zero-order chi connectivity index (χ0) is 15.2. The number of hydrogen-bond donors (Lipinski definition) is 0. The fourth-order valence-corrected chi connectivity index (χ4v) is 2.27. The van der Waals surface area contributed by atoms with Gasteiger partial charge in [0, 0.05) is 17.7 Å². The van der Waals surface area contributed by atoms with Crippen LogP contribution in [0.3, 0.4) is 0 Å². The highest BCUT2D eigenvalue weighted by Gasteiger charge is 2.27. The monoisotopic (exact) mass is 299 g/mol. The molecule has 0 amide bonds. The lowest BCUT2D eigenvalue weighted by Gasteiger charge is -2.22. The molecular formula is C15H22ClNO3. The summed E-state index contributed by atoms with van der Waals surface area (Å²) >= 11 is 5.71. The Morgan fingerprint density at radius 3 is 2.70 bits per heavy atom. The minimum absolute atomic E-state index is 0.0585. The largest absolute Gasteiger partial charge is 0.486 e. The Hall–Kier alpha value is -1.29. The number of carbonyl (C=O) groups is 1. The van der Waals surface area contributed by atoms with Crippen molar-refractivity contribution in [2.24, 2.45) is 10.6 Å². The van der Waals surface area contributed by atoms with Crippen LogP contribution in [0.4, 0.5) is 0 Å². The molecule has 0 saturated heterocycles. The van der Waals surface area contributed by atoms with E-state index in [9.17, 15) is 4.79 Å². The van der Waals surface area contributed by atoms with Crippen LogP contribution < -0.4 is 0 Å². The number of allylic oxidation sites excluding steroid dienone is 3. The number of oxime groups is 1. The summed E-state index contributed by atoms with van der Waals surface area (Å²) in [6.07, 6.45) is 4.97. The van der Waals surface area contributed by atoms with E-state index < -0.39 is 5.41 Å². The van der Waals surface area contributed by atoms with Gasteiger partial charge in [0.15, 0.2) is 5.78 Å². The number of ether oxygens (including phenoxy) is 1. The summed E-state index contributed by atoms with van der Waals surface area (Å²) < 4.78 is 5.62. The molecule has 5 heteroatoms. The maximum absolute atomic E-state index is 12.1. The van der Waals surface area contributed by atoms with Crippen LogP contribution in [0.1, 0.15) is 33.6 Å². The summed E-state index contributed by atoms with van der Waals surface area (Å²) in [5.41, 5.74) is 1.43. The van der Waals surface area contributed by atoms with Gasteiger partial charge in [0.1, 0.15) is 19.5 Å². The summed E-state index contributed by atoms with van der Waals surface area (Å²) in [7, 11) is 1.52. The second-order valence-electron chi connectivity index (χ2n) is 5.45. The number of rotatable bonds is 7. The lowest BCUT2D eigenvalue weighted by atomic mass is 9.85. The molecule has 0 atom stereocenters. The molecule has 0 aromatic carbocycles. The van der Waals surface area contributed by atoms with Gasteiger partial charge in [-0.25, -0.2) is 0 Å². The second kappa shape index (κ2) is 7.48. The van der Waals surface area contributed by atoms with E-state index in [0.717, 1.165) is 17.0 Å². The molecule has 0 heterocycles. The molecular weight excluding hydrogens is 278 g/mol. The van der Waals surface area contributed by atoms with Crippen molar-refractivity contribution >= 4 is 23.1 Å². The number of hydrogen-bond acceptors (Lipinski definition) is 4. The van der Waals surface area contributed by atoms with E-state index in [1.165, 1.54) is 7.11 Å². The summed E-state index contributed by atoms with van der Waals surface area (Å²) in [5, 5.41) is 3.89. The van der Waals surface area contributed by atoms with Gasteiger partial charge in [0.25, 0.3) is 0 Å².